The summed E-state index contributed by atoms with van der Waals surface area (Å²) in [6, 6.07) is 3.73. The van der Waals surface area contributed by atoms with Gasteiger partial charge in [-0.15, -0.1) is 11.3 Å². The summed E-state index contributed by atoms with van der Waals surface area (Å²) in [7, 11) is 0. The molecule has 18 heavy (non-hydrogen) atoms. The summed E-state index contributed by atoms with van der Waals surface area (Å²) in [6.45, 7) is 0.408. The summed E-state index contributed by atoms with van der Waals surface area (Å²) in [5.74, 6) is 0. The zero-order valence-corrected chi connectivity index (χ0v) is 11.4. The van der Waals surface area contributed by atoms with E-state index in [0.717, 1.165) is 17.1 Å². The van der Waals surface area contributed by atoms with Gasteiger partial charge in [0.15, 0.2) is 0 Å². The number of rotatable bonds is 3. The highest BCUT2D eigenvalue weighted by atomic mass is 79.9. The summed E-state index contributed by atoms with van der Waals surface area (Å²) in [5, 5.41) is 5.56. The lowest BCUT2D eigenvalue weighted by Gasteiger charge is -2.11. The molecule has 96 valence electrons. The minimum atomic E-state index is -4.35. The van der Waals surface area contributed by atoms with E-state index < -0.39 is 11.7 Å². The first-order chi connectivity index (χ1) is 8.45. The maximum absolute atomic E-state index is 12.6. The zero-order chi connectivity index (χ0) is 13.2. The van der Waals surface area contributed by atoms with Crippen LogP contribution in [0, 0.1) is 0 Å². The second kappa shape index (κ2) is 5.27. The van der Waals surface area contributed by atoms with Crippen LogP contribution in [-0.2, 0) is 12.7 Å². The van der Waals surface area contributed by atoms with Gasteiger partial charge in [-0.2, -0.15) is 13.2 Å². The molecule has 0 atom stereocenters. The molecule has 0 unspecified atom stereocenters. The Morgan fingerprint density at radius 3 is 2.67 bits per heavy atom. The van der Waals surface area contributed by atoms with E-state index in [0.29, 0.717) is 16.7 Å². The predicted molar refractivity (Wildman–Crippen MR) is 68.6 cm³/mol. The van der Waals surface area contributed by atoms with Gasteiger partial charge in [0.25, 0.3) is 0 Å². The summed E-state index contributed by atoms with van der Waals surface area (Å²) >= 11 is 4.52. The number of aromatic nitrogens is 1. The molecule has 7 heteroatoms. The quantitative estimate of drug-likeness (QED) is 0.890. The van der Waals surface area contributed by atoms with Crippen molar-refractivity contribution in [1.29, 1.82) is 0 Å². The van der Waals surface area contributed by atoms with E-state index in [1.807, 2.05) is 5.38 Å². The molecular weight excluding hydrogens is 329 g/mol. The smallest absolute Gasteiger partial charge is 0.378 e. The van der Waals surface area contributed by atoms with E-state index in [2.05, 4.69) is 26.2 Å². The van der Waals surface area contributed by atoms with Crippen molar-refractivity contribution >= 4 is 33.0 Å². The highest BCUT2D eigenvalue weighted by Gasteiger charge is 2.31. The number of nitrogens with one attached hydrogen (secondary N) is 1. The molecule has 0 aliphatic rings. The van der Waals surface area contributed by atoms with Crippen molar-refractivity contribution in [2.75, 3.05) is 5.32 Å². The molecule has 1 N–H and O–H groups in total. The Kier molecular flexibility index (Phi) is 3.91. The Morgan fingerprint density at radius 1 is 1.28 bits per heavy atom. The van der Waals surface area contributed by atoms with E-state index in [1.54, 1.807) is 12.3 Å². The second-order valence-electron chi connectivity index (χ2n) is 3.51. The van der Waals surface area contributed by atoms with Crippen molar-refractivity contribution in [2.24, 2.45) is 0 Å². The fourth-order valence-corrected chi connectivity index (χ4v) is 2.42. The Balaban J connectivity index is 2.15. The molecule has 0 fully saturated rings. The van der Waals surface area contributed by atoms with Gasteiger partial charge >= 0.3 is 6.18 Å². The minimum absolute atomic E-state index is 0.388. The number of alkyl halides is 3. The summed E-state index contributed by atoms with van der Waals surface area (Å²) in [4.78, 5) is 4.05. The van der Waals surface area contributed by atoms with Crippen LogP contribution in [-0.4, -0.2) is 4.98 Å². The topological polar surface area (TPSA) is 24.9 Å². The highest BCUT2D eigenvalue weighted by molar-refractivity contribution is 9.10. The predicted octanol–water partition coefficient (Wildman–Crippen LogP) is 4.54. The molecule has 0 amide bonds. The van der Waals surface area contributed by atoms with Gasteiger partial charge in [-0.3, -0.25) is 0 Å². The number of anilines is 1. The molecule has 1 heterocycles. The minimum Gasteiger partial charge on any atom is -0.378 e. The number of benzene rings is 1. The van der Waals surface area contributed by atoms with Gasteiger partial charge in [0.1, 0.15) is 5.01 Å². The first-order valence-electron chi connectivity index (χ1n) is 4.95. The third kappa shape index (κ3) is 3.46. The maximum atomic E-state index is 12.6. The fraction of sp³-hybridized carbons (Fsp3) is 0.182. The number of nitrogens with zero attached hydrogens (tertiary/aromatic N) is 1. The third-order valence-electron chi connectivity index (χ3n) is 2.15. The molecule has 0 aliphatic heterocycles. The Hall–Kier alpha value is -1.08. The summed E-state index contributed by atoms with van der Waals surface area (Å²) in [5.41, 5.74) is -0.273. The molecule has 0 bridgehead atoms. The Bertz CT molecular complexity index is 526. The van der Waals surface area contributed by atoms with Crippen molar-refractivity contribution in [3.63, 3.8) is 0 Å². The second-order valence-corrected chi connectivity index (χ2v) is 5.40. The van der Waals surface area contributed by atoms with Crippen LogP contribution in [0.5, 0.6) is 0 Å². The normalized spacial score (nSPS) is 11.6. The van der Waals surface area contributed by atoms with Crippen molar-refractivity contribution in [3.8, 4) is 0 Å². The molecule has 2 nitrogen and oxygen atoms in total. The van der Waals surface area contributed by atoms with E-state index in [4.69, 9.17) is 0 Å². The van der Waals surface area contributed by atoms with E-state index >= 15 is 0 Å². The van der Waals surface area contributed by atoms with Crippen molar-refractivity contribution in [3.05, 3.63) is 44.8 Å². The first-order valence-corrected chi connectivity index (χ1v) is 6.62. The van der Waals surface area contributed by atoms with Crippen LogP contribution in [0.25, 0.3) is 0 Å². The maximum Gasteiger partial charge on any atom is 0.416 e. The summed E-state index contributed by atoms with van der Waals surface area (Å²) < 4.78 is 38.2. The molecule has 0 saturated carbocycles. The molecule has 0 spiro atoms. The van der Waals surface area contributed by atoms with Gasteiger partial charge in [-0.25, -0.2) is 4.98 Å². The molecule has 2 aromatic rings. The van der Waals surface area contributed by atoms with Gasteiger partial charge in [0.2, 0.25) is 0 Å². The highest BCUT2D eigenvalue weighted by Crippen LogP contribution is 2.33. The van der Waals surface area contributed by atoms with Crippen LogP contribution in [0.1, 0.15) is 10.6 Å². The Labute approximate surface area is 114 Å². The van der Waals surface area contributed by atoms with Crippen molar-refractivity contribution in [2.45, 2.75) is 12.7 Å². The number of thiazole rings is 1. The average Bonchev–Trinajstić information content (AvgIpc) is 2.77. The SMILES string of the molecule is FC(F)(F)c1cc(Br)cc(NCc2nccs2)c1. The van der Waals surface area contributed by atoms with Gasteiger partial charge in [0, 0.05) is 21.7 Å². The van der Waals surface area contributed by atoms with Gasteiger partial charge in [-0.05, 0) is 18.2 Å². The zero-order valence-electron chi connectivity index (χ0n) is 8.96. The van der Waals surface area contributed by atoms with E-state index in [-0.39, 0.29) is 0 Å². The Morgan fingerprint density at radius 2 is 2.06 bits per heavy atom. The fourth-order valence-electron chi connectivity index (χ4n) is 1.37. The largest absolute Gasteiger partial charge is 0.416 e. The van der Waals surface area contributed by atoms with Crippen molar-refractivity contribution in [1.82, 2.24) is 4.98 Å². The lowest BCUT2D eigenvalue weighted by molar-refractivity contribution is -0.137. The van der Waals surface area contributed by atoms with Crippen molar-refractivity contribution < 1.29 is 13.2 Å². The van der Waals surface area contributed by atoms with Crippen LogP contribution in [0.15, 0.2) is 34.2 Å². The average molecular weight is 337 g/mol. The first kappa shape index (κ1) is 13.4. The van der Waals surface area contributed by atoms with Gasteiger partial charge < -0.3 is 5.32 Å². The van der Waals surface area contributed by atoms with Gasteiger partial charge in [0.05, 0.1) is 12.1 Å². The van der Waals surface area contributed by atoms with Crippen LogP contribution in [0.4, 0.5) is 18.9 Å². The van der Waals surface area contributed by atoms with Crippen LogP contribution < -0.4 is 5.32 Å². The number of hydrogen-bond donors (Lipinski definition) is 1. The lowest BCUT2D eigenvalue weighted by atomic mass is 10.2. The molecule has 1 aromatic carbocycles. The molecule has 1 aromatic heterocycles. The molecule has 0 saturated heterocycles. The van der Waals surface area contributed by atoms with Crippen LogP contribution in [0.2, 0.25) is 0 Å². The van der Waals surface area contributed by atoms with Gasteiger partial charge in [-0.1, -0.05) is 15.9 Å². The van der Waals surface area contributed by atoms with Crippen LogP contribution in [0.3, 0.4) is 0 Å². The van der Waals surface area contributed by atoms with E-state index in [9.17, 15) is 13.2 Å². The lowest BCUT2D eigenvalue weighted by Crippen LogP contribution is -2.06. The standard InChI is InChI=1S/C11H8BrF3N2S/c12-8-3-7(11(13,14)15)4-9(5-8)17-6-10-16-1-2-18-10/h1-5,17H,6H2. The third-order valence-corrected chi connectivity index (χ3v) is 3.39. The summed E-state index contributed by atoms with van der Waals surface area (Å²) in [6.07, 6.45) is -2.69. The molecule has 2 rings (SSSR count). The van der Waals surface area contributed by atoms with Crippen LogP contribution >= 0.6 is 27.3 Å². The molecule has 0 aliphatic carbocycles. The van der Waals surface area contributed by atoms with E-state index in [1.165, 1.54) is 11.3 Å². The number of hydrogen-bond acceptors (Lipinski definition) is 3. The molecule has 0 radical (unpaired) electrons. The number of halogens is 4. The monoisotopic (exact) mass is 336 g/mol. The molecular formula is C11H8BrF3N2S.